The van der Waals surface area contributed by atoms with E-state index in [1.54, 1.807) is 6.92 Å². The van der Waals surface area contributed by atoms with Crippen molar-refractivity contribution >= 4 is 5.97 Å². The molecule has 0 aliphatic heterocycles. The number of carbonyl (C=O) groups is 1. The van der Waals surface area contributed by atoms with Crippen LogP contribution in [0.4, 0.5) is 0 Å². The minimum atomic E-state index is -0.915. The summed E-state index contributed by atoms with van der Waals surface area (Å²) in [6.45, 7) is 10.8. The summed E-state index contributed by atoms with van der Waals surface area (Å²) in [4.78, 5) is 10.6. The molecule has 0 aromatic rings. The highest BCUT2D eigenvalue weighted by Gasteiger charge is 2.37. The van der Waals surface area contributed by atoms with E-state index < -0.39 is 5.97 Å². The number of hydrogen-bond donors (Lipinski definition) is 1. The zero-order chi connectivity index (χ0) is 18.3. The molecule has 3 heteroatoms. The monoisotopic (exact) mass is 332 g/mol. The third kappa shape index (κ3) is 6.12. The Kier molecular flexibility index (Phi) is 8.20. The van der Waals surface area contributed by atoms with Crippen molar-refractivity contribution < 1.29 is 14.6 Å². The van der Waals surface area contributed by atoms with Gasteiger partial charge in [0.15, 0.2) is 0 Å². The Hall–Kier alpha value is -1.61. The van der Waals surface area contributed by atoms with Crippen LogP contribution < -0.4 is 0 Å². The minimum absolute atomic E-state index is 0.364. The van der Waals surface area contributed by atoms with Gasteiger partial charge in [-0.3, -0.25) is 0 Å². The van der Waals surface area contributed by atoms with E-state index in [4.69, 9.17) is 9.84 Å². The van der Waals surface area contributed by atoms with Crippen LogP contribution in [0.5, 0.6) is 0 Å². The molecule has 0 saturated heterocycles. The van der Waals surface area contributed by atoms with Gasteiger partial charge in [-0.25, -0.2) is 4.79 Å². The maximum absolute atomic E-state index is 10.6. The summed E-state index contributed by atoms with van der Waals surface area (Å²) >= 11 is 0. The number of carboxylic acid groups (broad SMARTS) is 1. The summed E-state index contributed by atoms with van der Waals surface area (Å²) in [6, 6.07) is 0. The first-order chi connectivity index (χ1) is 11.3. The fourth-order valence-electron chi connectivity index (χ4n) is 3.53. The first-order valence-electron chi connectivity index (χ1n) is 8.73. The molecule has 24 heavy (non-hydrogen) atoms. The Morgan fingerprint density at radius 1 is 1.08 bits per heavy atom. The van der Waals surface area contributed by atoms with E-state index in [1.165, 1.54) is 6.08 Å². The van der Waals surface area contributed by atoms with Crippen molar-refractivity contribution in [2.24, 2.45) is 23.7 Å². The zero-order valence-corrected chi connectivity index (χ0v) is 15.8. The van der Waals surface area contributed by atoms with E-state index >= 15 is 0 Å². The van der Waals surface area contributed by atoms with Crippen LogP contribution in [0.1, 0.15) is 41.0 Å². The van der Waals surface area contributed by atoms with Gasteiger partial charge in [-0.15, -0.1) is 0 Å². The molecule has 0 aromatic carbocycles. The largest absolute Gasteiger partial charge is 0.478 e. The van der Waals surface area contributed by atoms with Crippen molar-refractivity contribution in [1.82, 2.24) is 0 Å². The molecule has 1 aliphatic rings. The lowest BCUT2D eigenvalue weighted by atomic mass is 9.67. The molecule has 3 nitrogen and oxygen atoms in total. The molecule has 0 bridgehead atoms. The van der Waals surface area contributed by atoms with Crippen molar-refractivity contribution in [3.63, 3.8) is 0 Å². The van der Waals surface area contributed by atoms with Crippen LogP contribution in [0.2, 0.25) is 0 Å². The number of rotatable bonds is 6. The Labute approximate surface area is 146 Å². The predicted octanol–water partition coefficient (Wildman–Crippen LogP) is 5.02. The summed E-state index contributed by atoms with van der Waals surface area (Å²) in [7, 11) is 1.82. The lowest BCUT2D eigenvalue weighted by Gasteiger charge is -2.42. The van der Waals surface area contributed by atoms with E-state index in [9.17, 15) is 4.79 Å². The van der Waals surface area contributed by atoms with E-state index in [0.717, 1.165) is 17.6 Å². The van der Waals surface area contributed by atoms with Gasteiger partial charge in [-0.1, -0.05) is 56.7 Å². The molecule has 1 saturated carbocycles. The normalized spacial score (nSPS) is 32.7. The van der Waals surface area contributed by atoms with Gasteiger partial charge in [-0.05, 0) is 49.5 Å². The number of methoxy groups -OCH3 is 1. The van der Waals surface area contributed by atoms with Crippen LogP contribution in [0.15, 0.2) is 47.6 Å². The Morgan fingerprint density at radius 3 is 2.33 bits per heavy atom. The summed E-state index contributed by atoms with van der Waals surface area (Å²) in [5.74, 6) is 1.42. The first-order valence-corrected chi connectivity index (χ1v) is 8.73. The summed E-state index contributed by atoms with van der Waals surface area (Å²) in [5.41, 5.74) is 1.89. The average Bonchev–Trinajstić information content (AvgIpc) is 2.50. The fourth-order valence-corrected chi connectivity index (χ4v) is 3.53. The number of hydrogen-bond acceptors (Lipinski definition) is 2. The quantitative estimate of drug-likeness (QED) is 0.549. The van der Waals surface area contributed by atoms with E-state index in [0.29, 0.717) is 29.8 Å². The van der Waals surface area contributed by atoms with Crippen molar-refractivity contribution in [3.05, 3.63) is 47.6 Å². The predicted molar refractivity (Wildman–Crippen MR) is 99.8 cm³/mol. The molecule has 5 atom stereocenters. The van der Waals surface area contributed by atoms with Crippen molar-refractivity contribution in [1.29, 1.82) is 0 Å². The van der Waals surface area contributed by atoms with Crippen molar-refractivity contribution in [3.8, 4) is 0 Å². The number of ether oxygens (including phenoxy) is 1. The van der Waals surface area contributed by atoms with Gasteiger partial charge in [-0.2, -0.15) is 0 Å². The lowest BCUT2D eigenvalue weighted by molar-refractivity contribution is -0.131. The van der Waals surface area contributed by atoms with Gasteiger partial charge in [0.05, 0.1) is 6.10 Å². The molecule has 1 rings (SSSR count). The summed E-state index contributed by atoms with van der Waals surface area (Å²) < 4.78 is 5.63. The topological polar surface area (TPSA) is 46.5 Å². The molecule has 1 aliphatic carbocycles. The molecule has 5 unspecified atom stereocenters. The maximum atomic E-state index is 10.6. The lowest BCUT2D eigenvalue weighted by Crippen LogP contribution is -2.39. The van der Waals surface area contributed by atoms with Gasteiger partial charge in [0.1, 0.15) is 0 Å². The number of aliphatic carboxylic acids is 1. The molecular weight excluding hydrogens is 300 g/mol. The highest BCUT2D eigenvalue weighted by Crippen LogP contribution is 2.40. The van der Waals surface area contributed by atoms with Gasteiger partial charge in [0.25, 0.3) is 0 Å². The summed E-state index contributed by atoms with van der Waals surface area (Å²) in [5, 5.41) is 8.68. The molecule has 134 valence electrons. The van der Waals surface area contributed by atoms with Crippen LogP contribution in [-0.2, 0) is 9.53 Å². The second kappa shape index (κ2) is 9.63. The van der Waals surface area contributed by atoms with Crippen molar-refractivity contribution in [2.45, 2.75) is 47.1 Å². The van der Waals surface area contributed by atoms with E-state index in [-0.39, 0.29) is 0 Å². The fraction of sp³-hybridized carbons (Fsp3) is 0.571. The van der Waals surface area contributed by atoms with Crippen LogP contribution in [0.3, 0.4) is 0 Å². The van der Waals surface area contributed by atoms with Crippen molar-refractivity contribution in [2.75, 3.05) is 7.11 Å². The highest BCUT2D eigenvalue weighted by atomic mass is 16.5. The SMILES string of the molecule is COC1CC(C)C(/C=C/C(C)=C/C=C/C(C)=C/C(=O)O)C(C)C1C. The standard InChI is InChI=1S/C21H32O3/c1-14(8-7-9-15(2)12-21(22)23)10-11-19-16(3)13-20(24-6)18(5)17(19)4/h7-12,16-20H,13H2,1-6H3,(H,22,23)/b9-7+,11-10+,14-8+,15-12+. The molecule has 0 spiro atoms. The zero-order valence-electron chi connectivity index (χ0n) is 15.8. The minimum Gasteiger partial charge on any atom is -0.478 e. The Bertz CT molecular complexity index is 539. The number of carboxylic acids is 1. The second-order valence-corrected chi connectivity index (χ2v) is 7.14. The Balaban J connectivity index is 2.72. The van der Waals surface area contributed by atoms with E-state index in [2.05, 4.69) is 39.8 Å². The molecule has 1 N–H and O–H groups in total. The number of allylic oxidation sites excluding steroid dienone is 7. The van der Waals surface area contributed by atoms with Crippen LogP contribution >= 0.6 is 0 Å². The maximum Gasteiger partial charge on any atom is 0.328 e. The van der Waals surface area contributed by atoms with Gasteiger partial charge in [0.2, 0.25) is 0 Å². The molecular formula is C21H32O3. The molecule has 0 radical (unpaired) electrons. The molecule has 1 fully saturated rings. The molecule has 0 heterocycles. The van der Waals surface area contributed by atoms with Crippen LogP contribution in [0, 0.1) is 23.7 Å². The molecule has 0 aromatic heterocycles. The first kappa shape index (κ1) is 20.4. The van der Waals surface area contributed by atoms with Gasteiger partial charge in [0, 0.05) is 13.2 Å². The summed E-state index contributed by atoms with van der Waals surface area (Å²) in [6.07, 6.45) is 12.9. The second-order valence-electron chi connectivity index (χ2n) is 7.14. The third-order valence-electron chi connectivity index (χ3n) is 5.24. The van der Waals surface area contributed by atoms with E-state index in [1.807, 2.05) is 25.3 Å². The Morgan fingerprint density at radius 2 is 1.75 bits per heavy atom. The van der Waals surface area contributed by atoms with Crippen LogP contribution in [-0.4, -0.2) is 24.3 Å². The van der Waals surface area contributed by atoms with Gasteiger partial charge >= 0.3 is 5.97 Å². The smallest absolute Gasteiger partial charge is 0.328 e. The average molecular weight is 332 g/mol. The highest BCUT2D eigenvalue weighted by molar-refractivity contribution is 5.81. The molecule has 0 amide bonds. The third-order valence-corrected chi connectivity index (χ3v) is 5.24. The van der Waals surface area contributed by atoms with Gasteiger partial charge < -0.3 is 9.84 Å². The van der Waals surface area contributed by atoms with Crippen LogP contribution in [0.25, 0.3) is 0 Å².